The van der Waals surface area contributed by atoms with Crippen molar-refractivity contribution in [1.82, 2.24) is 0 Å². The maximum absolute atomic E-state index is 5.71. The van der Waals surface area contributed by atoms with E-state index < -0.39 is 0 Å². The van der Waals surface area contributed by atoms with E-state index in [1.807, 2.05) is 0 Å². The molecule has 1 aliphatic carbocycles. The van der Waals surface area contributed by atoms with Crippen LogP contribution >= 0.6 is 0 Å². The van der Waals surface area contributed by atoms with Gasteiger partial charge < -0.3 is 4.74 Å². The first-order valence-corrected chi connectivity index (χ1v) is 4.88. The maximum Gasteiger partial charge on any atom is 0.234 e. The third-order valence-corrected chi connectivity index (χ3v) is 3.43. The summed E-state index contributed by atoms with van der Waals surface area (Å²) in [7, 11) is 0. The van der Waals surface area contributed by atoms with Gasteiger partial charge in [-0.15, -0.1) is 0 Å². The summed E-state index contributed by atoms with van der Waals surface area (Å²) in [6.07, 6.45) is 6.84. The first kappa shape index (κ1) is 7.30. The number of hydrogen-bond acceptors (Lipinski definition) is 3. The molecular weight excluding hydrogens is 156 g/mol. The maximum atomic E-state index is 5.71. The minimum Gasteiger partial charge on any atom is -0.345 e. The fourth-order valence-corrected chi connectivity index (χ4v) is 2.70. The van der Waals surface area contributed by atoms with Gasteiger partial charge in [-0.2, -0.15) is 4.89 Å². The minimum atomic E-state index is -0.330. The second kappa shape index (κ2) is 2.22. The number of ether oxygens (including phenoxy) is 1. The predicted molar refractivity (Wildman–Crippen MR) is 41.3 cm³/mol. The first-order valence-electron chi connectivity index (χ1n) is 4.88. The van der Waals surface area contributed by atoms with Crippen molar-refractivity contribution < 1.29 is 14.5 Å². The van der Waals surface area contributed by atoms with Crippen LogP contribution in [0.5, 0.6) is 0 Å². The second-order valence-corrected chi connectivity index (χ2v) is 4.07. The van der Waals surface area contributed by atoms with Crippen molar-refractivity contribution >= 4 is 0 Å². The zero-order valence-electron chi connectivity index (χ0n) is 7.17. The Morgan fingerprint density at radius 3 is 2.42 bits per heavy atom. The zero-order chi connectivity index (χ0) is 8.07. The van der Waals surface area contributed by atoms with Crippen molar-refractivity contribution in [3.63, 3.8) is 0 Å². The SMILES string of the molecule is C1CCC23OCCCC2(C1)OO3. The Bertz CT molecular complexity index is 168. The lowest BCUT2D eigenvalue weighted by Crippen LogP contribution is -2.71. The summed E-state index contributed by atoms with van der Waals surface area (Å²) in [5.41, 5.74) is -0.0521. The van der Waals surface area contributed by atoms with Crippen molar-refractivity contribution in [2.45, 2.75) is 49.9 Å². The molecule has 0 bridgehead atoms. The quantitative estimate of drug-likeness (QED) is 0.518. The van der Waals surface area contributed by atoms with Gasteiger partial charge in [0.2, 0.25) is 5.79 Å². The molecule has 2 saturated heterocycles. The third kappa shape index (κ3) is 0.679. The second-order valence-electron chi connectivity index (χ2n) is 4.07. The molecule has 0 aromatic heterocycles. The van der Waals surface area contributed by atoms with Crippen LogP contribution in [-0.2, 0) is 14.5 Å². The van der Waals surface area contributed by atoms with Crippen molar-refractivity contribution in [3.8, 4) is 0 Å². The molecule has 3 fully saturated rings. The highest BCUT2D eigenvalue weighted by atomic mass is 17.3. The van der Waals surface area contributed by atoms with Crippen molar-refractivity contribution in [2.75, 3.05) is 6.61 Å². The van der Waals surface area contributed by atoms with Crippen LogP contribution in [0, 0.1) is 0 Å². The summed E-state index contributed by atoms with van der Waals surface area (Å²) in [6.45, 7) is 0.838. The van der Waals surface area contributed by atoms with Crippen molar-refractivity contribution in [1.29, 1.82) is 0 Å². The molecule has 0 radical (unpaired) electrons. The molecule has 0 aromatic rings. The predicted octanol–water partition coefficient (Wildman–Crippen LogP) is 1.77. The summed E-state index contributed by atoms with van der Waals surface area (Å²) in [5.74, 6) is -0.330. The zero-order valence-corrected chi connectivity index (χ0v) is 7.17. The van der Waals surface area contributed by atoms with Gasteiger partial charge in [0.1, 0.15) is 0 Å². The Hall–Kier alpha value is -0.120. The Balaban J connectivity index is 1.91. The largest absolute Gasteiger partial charge is 0.345 e. The molecule has 2 atom stereocenters. The third-order valence-electron chi connectivity index (χ3n) is 3.43. The lowest BCUT2D eigenvalue weighted by atomic mass is 9.73. The molecule has 3 nitrogen and oxygen atoms in total. The van der Waals surface area contributed by atoms with Crippen LogP contribution in [0.2, 0.25) is 0 Å². The van der Waals surface area contributed by atoms with Crippen molar-refractivity contribution in [3.05, 3.63) is 0 Å². The summed E-state index contributed by atoms with van der Waals surface area (Å²) >= 11 is 0. The van der Waals surface area contributed by atoms with Gasteiger partial charge >= 0.3 is 0 Å². The molecule has 12 heavy (non-hydrogen) atoms. The van der Waals surface area contributed by atoms with Crippen LogP contribution in [-0.4, -0.2) is 18.0 Å². The summed E-state index contributed by atoms with van der Waals surface area (Å²) in [6, 6.07) is 0. The van der Waals surface area contributed by atoms with Crippen LogP contribution in [0.1, 0.15) is 38.5 Å². The van der Waals surface area contributed by atoms with Crippen LogP contribution in [0.25, 0.3) is 0 Å². The molecule has 0 spiro atoms. The molecule has 3 aliphatic rings. The van der Waals surface area contributed by atoms with E-state index in [4.69, 9.17) is 14.5 Å². The van der Waals surface area contributed by atoms with E-state index >= 15 is 0 Å². The van der Waals surface area contributed by atoms with E-state index in [1.165, 1.54) is 12.8 Å². The summed E-state index contributed by atoms with van der Waals surface area (Å²) < 4.78 is 5.71. The lowest BCUT2D eigenvalue weighted by Gasteiger charge is -2.60. The van der Waals surface area contributed by atoms with E-state index in [-0.39, 0.29) is 11.4 Å². The monoisotopic (exact) mass is 170 g/mol. The molecule has 0 amide bonds. The van der Waals surface area contributed by atoms with Crippen LogP contribution < -0.4 is 0 Å². The summed E-state index contributed by atoms with van der Waals surface area (Å²) in [4.78, 5) is 10.5. The minimum absolute atomic E-state index is 0.0521. The highest BCUT2D eigenvalue weighted by Crippen LogP contribution is 2.55. The van der Waals surface area contributed by atoms with Gasteiger partial charge in [-0.05, 0) is 25.7 Å². The molecule has 0 aromatic carbocycles. The molecule has 2 heterocycles. The molecule has 2 unspecified atom stereocenters. The van der Waals surface area contributed by atoms with E-state index in [9.17, 15) is 0 Å². The van der Waals surface area contributed by atoms with E-state index in [0.29, 0.717) is 0 Å². The highest BCUT2D eigenvalue weighted by Gasteiger charge is 2.67. The van der Waals surface area contributed by atoms with Gasteiger partial charge in [0.05, 0.1) is 6.61 Å². The topological polar surface area (TPSA) is 27.7 Å². The Kier molecular flexibility index (Phi) is 1.35. The average molecular weight is 170 g/mol. The molecule has 3 heteroatoms. The number of hydrogen-bond donors (Lipinski definition) is 0. The highest BCUT2D eigenvalue weighted by molar-refractivity contribution is 5.04. The number of rotatable bonds is 0. The van der Waals surface area contributed by atoms with Crippen LogP contribution in [0.15, 0.2) is 0 Å². The lowest BCUT2D eigenvalue weighted by molar-refractivity contribution is -0.626. The van der Waals surface area contributed by atoms with Gasteiger partial charge in [0, 0.05) is 6.42 Å². The van der Waals surface area contributed by atoms with Gasteiger partial charge in [-0.3, -0.25) is 0 Å². The first-order chi connectivity index (χ1) is 5.87. The smallest absolute Gasteiger partial charge is 0.234 e. The molecule has 3 rings (SSSR count). The average Bonchev–Trinajstić information content (AvgIpc) is 2.09. The van der Waals surface area contributed by atoms with E-state index in [1.54, 1.807) is 0 Å². The molecule has 68 valence electrons. The molecular formula is C9H14O3. The summed E-state index contributed by atoms with van der Waals surface area (Å²) in [5, 5.41) is 0. The standard InChI is InChI=1S/C9H14O3/c1-2-6-9-8(4-1,11-12-9)5-3-7-10-9/h1-7H2. The van der Waals surface area contributed by atoms with Gasteiger partial charge in [-0.25, -0.2) is 4.89 Å². The Labute approximate surface area is 71.9 Å². The molecule has 2 aliphatic heterocycles. The van der Waals surface area contributed by atoms with Gasteiger partial charge in [0.25, 0.3) is 0 Å². The Morgan fingerprint density at radius 2 is 1.67 bits per heavy atom. The van der Waals surface area contributed by atoms with E-state index in [0.717, 1.165) is 32.3 Å². The Morgan fingerprint density at radius 1 is 0.833 bits per heavy atom. The van der Waals surface area contributed by atoms with Crippen molar-refractivity contribution in [2.24, 2.45) is 0 Å². The fraction of sp³-hybridized carbons (Fsp3) is 1.00. The fourth-order valence-electron chi connectivity index (χ4n) is 2.70. The molecule has 0 N–H and O–H groups in total. The van der Waals surface area contributed by atoms with Crippen LogP contribution in [0.3, 0.4) is 0 Å². The normalized spacial score (nSPS) is 52.0. The van der Waals surface area contributed by atoms with Crippen LogP contribution in [0.4, 0.5) is 0 Å². The van der Waals surface area contributed by atoms with Gasteiger partial charge in [-0.1, -0.05) is 6.42 Å². The van der Waals surface area contributed by atoms with E-state index in [2.05, 4.69) is 0 Å². The van der Waals surface area contributed by atoms with Gasteiger partial charge in [0.15, 0.2) is 5.60 Å². The molecule has 1 saturated carbocycles.